The van der Waals surface area contributed by atoms with Crippen LogP contribution in [0.5, 0.6) is 0 Å². The van der Waals surface area contributed by atoms with Gasteiger partial charge in [0.2, 0.25) is 0 Å². The molecule has 0 aliphatic rings. The first-order chi connectivity index (χ1) is 5.41. The SMILES string of the molecule is O=P([O-])(O)CP(=O)([O-])CP(=O)([O-])O. The van der Waals surface area contributed by atoms with E-state index in [1.165, 1.54) is 0 Å². The second-order valence-electron chi connectivity index (χ2n) is 2.37. The normalized spacial score (nSPS) is 25.6. The van der Waals surface area contributed by atoms with E-state index in [2.05, 4.69) is 0 Å². The Bertz CT molecular complexity index is 279. The van der Waals surface area contributed by atoms with Crippen molar-refractivity contribution in [2.75, 3.05) is 11.8 Å². The van der Waals surface area contributed by atoms with Gasteiger partial charge in [-0.05, 0) is 0 Å². The van der Waals surface area contributed by atoms with Gasteiger partial charge in [0.25, 0.3) is 0 Å². The summed E-state index contributed by atoms with van der Waals surface area (Å²) in [5.41, 5.74) is 0. The lowest BCUT2D eigenvalue weighted by molar-refractivity contribution is -0.197. The first kappa shape index (κ1) is 13.5. The summed E-state index contributed by atoms with van der Waals surface area (Å²) in [7, 11) is -15.0. The number of rotatable bonds is 4. The molecule has 2 unspecified atom stereocenters. The van der Waals surface area contributed by atoms with Crippen LogP contribution in [0.2, 0.25) is 0 Å². The molecule has 0 aromatic carbocycles. The van der Waals surface area contributed by atoms with Gasteiger partial charge < -0.3 is 38.2 Å². The Kier molecular flexibility index (Phi) is 4.08. The molecule has 0 amide bonds. The molecule has 8 nitrogen and oxygen atoms in total. The van der Waals surface area contributed by atoms with Gasteiger partial charge in [0.05, 0.1) is 11.8 Å². The molecule has 2 atom stereocenters. The molecular formula is C2H6O8P3-3. The van der Waals surface area contributed by atoms with Gasteiger partial charge in [-0.25, -0.2) is 0 Å². The zero-order chi connectivity index (χ0) is 10.9. The molecule has 11 heteroatoms. The van der Waals surface area contributed by atoms with Crippen LogP contribution in [-0.2, 0) is 13.7 Å². The van der Waals surface area contributed by atoms with Gasteiger partial charge in [0, 0.05) is 7.37 Å². The zero-order valence-corrected chi connectivity index (χ0v) is 8.78. The lowest BCUT2D eigenvalue weighted by atomic mass is 11.9. The van der Waals surface area contributed by atoms with Gasteiger partial charge in [0.1, 0.15) is 15.2 Å². The third-order valence-electron chi connectivity index (χ3n) is 0.788. The van der Waals surface area contributed by atoms with Crippen molar-refractivity contribution in [2.24, 2.45) is 0 Å². The summed E-state index contributed by atoms with van der Waals surface area (Å²) >= 11 is 0. The minimum absolute atomic E-state index is 1.67. The van der Waals surface area contributed by atoms with E-state index in [1.807, 2.05) is 0 Å². The summed E-state index contributed by atoms with van der Waals surface area (Å²) < 4.78 is 30.8. The summed E-state index contributed by atoms with van der Waals surface area (Å²) in [5, 5.41) is 0. The molecule has 0 radical (unpaired) electrons. The summed E-state index contributed by atoms with van der Waals surface area (Å²) in [6.07, 6.45) is 0. The summed E-state index contributed by atoms with van der Waals surface area (Å²) in [6, 6.07) is 0. The Morgan fingerprint density at radius 3 is 1.23 bits per heavy atom. The molecule has 0 saturated heterocycles. The predicted molar refractivity (Wildman–Crippen MR) is 37.0 cm³/mol. The van der Waals surface area contributed by atoms with Crippen molar-refractivity contribution in [3.05, 3.63) is 0 Å². The van der Waals surface area contributed by atoms with E-state index in [0.29, 0.717) is 0 Å². The van der Waals surface area contributed by atoms with E-state index in [0.717, 1.165) is 0 Å². The van der Waals surface area contributed by atoms with E-state index in [4.69, 9.17) is 9.79 Å². The molecule has 0 aliphatic heterocycles. The topological polar surface area (TPSA) is 161 Å². The Hall–Kier alpha value is 0.490. The molecule has 0 aromatic rings. The molecule has 0 rings (SSSR count). The minimum Gasteiger partial charge on any atom is -0.799 e. The van der Waals surface area contributed by atoms with Crippen LogP contribution in [0.25, 0.3) is 0 Å². The van der Waals surface area contributed by atoms with Crippen LogP contribution in [0.4, 0.5) is 0 Å². The van der Waals surface area contributed by atoms with Gasteiger partial charge in [-0.3, -0.25) is 0 Å². The highest BCUT2D eigenvalue weighted by Gasteiger charge is 2.19. The Morgan fingerprint density at radius 2 is 1.08 bits per heavy atom. The van der Waals surface area contributed by atoms with Crippen molar-refractivity contribution in [3.8, 4) is 0 Å². The molecule has 0 heterocycles. The highest BCUT2D eigenvalue weighted by atomic mass is 31.3. The minimum atomic E-state index is -5.07. The van der Waals surface area contributed by atoms with Crippen LogP contribution in [0.1, 0.15) is 0 Å². The largest absolute Gasteiger partial charge is 0.799 e. The van der Waals surface area contributed by atoms with E-state index >= 15 is 0 Å². The Labute approximate surface area is 73.4 Å². The van der Waals surface area contributed by atoms with E-state index in [-0.39, 0.29) is 0 Å². The van der Waals surface area contributed by atoms with Crippen molar-refractivity contribution >= 4 is 22.6 Å². The summed E-state index contributed by atoms with van der Waals surface area (Å²) in [4.78, 5) is 47.0. The third-order valence-corrected chi connectivity index (χ3v) is 7.10. The van der Waals surface area contributed by atoms with Gasteiger partial charge in [-0.15, -0.1) is 0 Å². The lowest BCUT2D eigenvalue weighted by Gasteiger charge is -2.31. The molecule has 2 N–H and O–H groups in total. The first-order valence-electron chi connectivity index (χ1n) is 2.76. The van der Waals surface area contributed by atoms with Crippen LogP contribution in [0, 0.1) is 0 Å². The maximum Gasteiger partial charge on any atom is 0.138 e. The third kappa shape index (κ3) is 8.81. The molecule has 80 valence electrons. The molecule has 0 bridgehead atoms. The highest BCUT2D eigenvalue weighted by Crippen LogP contribution is 2.56. The molecular weight excluding hydrogens is 245 g/mol. The highest BCUT2D eigenvalue weighted by molar-refractivity contribution is 7.78. The average Bonchev–Trinajstić information content (AvgIpc) is 1.43. The second-order valence-corrected chi connectivity index (χ2v) is 8.81. The maximum absolute atomic E-state index is 10.6. The van der Waals surface area contributed by atoms with Gasteiger partial charge in [0.15, 0.2) is 0 Å². The van der Waals surface area contributed by atoms with Gasteiger partial charge in [-0.2, -0.15) is 0 Å². The fraction of sp³-hybridized carbons (Fsp3) is 1.00. The summed E-state index contributed by atoms with van der Waals surface area (Å²) in [6.45, 7) is 0. The van der Waals surface area contributed by atoms with Crippen molar-refractivity contribution in [1.82, 2.24) is 0 Å². The van der Waals surface area contributed by atoms with Crippen LogP contribution in [0.3, 0.4) is 0 Å². The maximum atomic E-state index is 10.6. The molecule has 0 aromatic heterocycles. The fourth-order valence-electron chi connectivity index (χ4n) is 0.589. The van der Waals surface area contributed by atoms with Crippen LogP contribution >= 0.6 is 22.6 Å². The summed E-state index contributed by atoms with van der Waals surface area (Å²) in [5.74, 6) is -3.35. The zero-order valence-electron chi connectivity index (χ0n) is 6.10. The second kappa shape index (κ2) is 3.93. The van der Waals surface area contributed by atoms with E-state index < -0.39 is 34.4 Å². The van der Waals surface area contributed by atoms with Gasteiger partial charge >= 0.3 is 0 Å². The predicted octanol–water partition coefficient (Wildman–Crippen LogP) is -2.37. The van der Waals surface area contributed by atoms with E-state index in [1.54, 1.807) is 0 Å². The Balaban J connectivity index is 4.54. The van der Waals surface area contributed by atoms with Crippen molar-refractivity contribution < 1.29 is 38.2 Å². The van der Waals surface area contributed by atoms with Crippen molar-refractivity contribution in [2.45, 2.75) is 0 Å². The molecule has 13 heavy (non-hydrogen) atoms. The van der Waals surface area contributed by atoms with Crippen LogP contribution < -0.4 is 14.7 Å². The molecule has 0 aliphatic carbocycles. The number of hydrogen-bond donors (Lipinski definition) is 2. The van der Waals surface area contributed by atoms with E-state index in [9.17, 15) is 28.4 Å². The Morgan fingerprint density at radius 1 is 0.846 bits per heavy atom. The van der Waals surface area contributed by atoms with Crippen LogP contribution in [0.15, 0.2) is 0 Å². The monoisotopic (exact) mass is 251 g/mol. The quantitative estimate of drug-likeness (QED) is 0.524. The molecule has 0 fully saturated rings. The number of hydrogen-bond acceptors (Lipinski definition) is 6. The standard InChI is InChI=1S/C2H9O8P3/c3-11(4,1-12(5,6)7)2-13(8,9)10/h1-2H2,(H,3,4)(H2,5,6,7)(H2,8,9,10)/p-3. The van der Waals surface area contributed by atoms with Crippen LogP contribution in [-0.4, -0.2) is 21.6 Å². The van der Waals surface area contributed by atoms with Crippen molar-refractivity contribution in [1.29, 1.82) is 0 Å². The lowest BCUT2D eigenvalue weighted by Crippen LogP contribution is -2.16. The average molecular weight is 251 g/mol. The fourth-order valence-corrected chi connectivity index (χ4v) is 6.11. The molecule has 0 saturated carbocycles. The smallest absolute Gasteiger partial charge is 0.138 e. The van der Waals surface area contributed by atoms with Crippen molar-refractivity contribution in [3.63, 3.8) is 0 Å². The van der Waals surface area contributed by atoms with Gasteiger partial charge in [-0.1, -0.05) is 0 Å². The first-order valence-corrected chi connectivity index (χ1v) is 8.28. The molecule has 0 spiro atoms.